The van der Waals surface area contributed by atoms with Crippen LogP contribution >= 0.6 is 0 Å². The van der Waals surface area contributed by atoms with Crippen LogP contribution in [0.15, 0.2) is 35.2 Å². The van der Waals surface area contributed by atoms with Crippen molar-refractivity contribution in [2.75, 3.05) is 13.1 Å². The summed E-state index contributed by atoms with van der Waals surface area (Å²) in [4.78, 5) is 11.7. The van der Waals surface area contributed by atoms with Crippen LogP contribution in [0.4, 0.5) is 0 Å². The van der Waals surface area contributed by atoms with Gasteiger partial charge in [-0.25, -0.2) is 0 Å². The van der Waals surface area contributed by atoms with Crippen LogP contribution in [0.5, 0.6) is 0 Å². The summed E-state index contributed by atoms with van der Waals surface area (Å²) < 4.78 is 28.5. The molecule has 1 aromatic carbocycles. The monoisotopic (exact) mass is 411 g/mol. The van der Waals surface area contributed by atoms with Crippen molar-refractivity contribution in [3.63, 3.8) is 0 Å². The number of benzene rings is 1. The second-order valence-electron chi connectivity index (χ2n) is 7.26. The molecule has 0 aromatic heterocycles. The highest BCUT2D eigenvalue weighted by Gasteiger charge is 2.19. The molecule has 1 N–H and O–H groups in total. The third kappa shape index (κ3) is 12.1. The first-order valence-corrected chi connectivity index (χ1v) is 12.2. The van der Waals surface area contributed by atoms with Gasteiger partial charge in [-0.2, -0.15) is 8.42 Å². The lowest BCUT2D eigenvalue weighted by Gasteiger charge is -2.06. The van der Waals surface area contributed by atoms with Crippen molar-refractivity contribution in [3.05, 3.63) is 30.3 Å². The summed E-state index contributed by atoms with van der Waals surface area (Å²) in [5.41, 5.74) is 0. The average molecular weight is 412 g/mol. The summed E-state index contributed by atoms with van der Waals surface area (Å²) in [5.74, 6) is -0.684. The largest absolute Gasteiger partial charge is 0.342 e. The molecule has 0 fully saturated rings. The quantitative estimate of drug-likeness (QED) is 0.281. The Labute approximate surface area is 171 Å². The number of unbranched alkanes of at least 4 members (excludes halogenated alkanes) is 9. The van der Waals surface area contributed by atoms with Crippen molar-refractivity contribution in [1.82, 2.24) is 5.32 Å². The number of hydrogen-bond acceptors (Lipinski definition) is 5. The number of nitrogens with one attached hydrogen (secondary N) is 1. The molecule has 28 heavy (non-hydrogen) atoms. The summed E-state index contributed by atoms with van der Waals surface area (Å²) in [5, 5.41) is 3.43. The van der Waals surface area contributed by atoms with E-state index in [4.69, 9.17) is 0 Å². The Morgan fingerprint density at radius 2 is 1.36 bits per heavy atom. The molecule has 0 saturated carbocycles. The van der Waals surface area contributed by atoms with Gasteiger partial charge in [0.15, 0.2) is 0 Å². The molecule has 1 aromatic rings. The number of hydrogen-bond donors (Lipinski definition) is 1. The Hall–Kier alpha value is -1.40. The predicted molar refractivity (Wildman–Crippen MR) is 114 cm³/mol. The van der Waals surface area contributed by atoms with Crippen LogP contribution in [-0.2, 0) is 19.1 Å². The molecule has 0 heterocycles. The lowest BCUT2D eigenvalue weighted by Crippen LogP contribution is -2.17. The molecule has 0 atom stereocenters. The van der Waals surface area contributed by atoms with Crippen LogP contribution in [0.1, 0.15) is 84.0 Å². The number of rotatable bonds is 17. The van der Waals surface area contributed by atoms with Gasteiger partial charge in [0.1, 0.15) is 4.90 Å². The van der Waals surface area contributed by atoms with Crippen molar-refractivity contribution in [3.8, 4) is 0 Å². The number of carbonyl (C=O) groups is 1. The Balaban J connectivity index is 1.94. The summed E-state index contributed by atoms with van der Waals surface area (Å²) in [6, 6.07) is 7.74. The zero-order valence-corrected chi connectivity index (χ0v) is 18.1. The number of carbonyl (C=O) groups excluding carboxylic acids is 1. The standard InChI is InChI=1S/C22H37NO4S/c1-2-3-4-5-6-7-8-14-19-23-20-15-10-13-18-22(24)27-28(25,26)21-16-11-9-12-17-21/h9,11-12,16-17,23H,2-8,10,13-15,18-20H2,1H3. The average Bonchev–Trinajstić information content (AvgIpc) is 2.68. The molecule has 1 rings (SSSR count). The van der Waals surface area contributed by atoms with Crippen molar-refractivity contribution < 1.29 is 17.4 Å². The van der Waals surface area contributed by atoms with E-state index < -0.39 is 16.1 Å². The summed E-state index contributed by atoms with van der Waals surface area (Å²) in [6.07, 6.45) is 13.2. The lowest BCUT2D eigenvalue weighted by molar-refractivity contribution is -0.133. The van der Waals surface area contributed by atoms with Crippen LogP contribution in [0, 0.1) is 0 Å². The van der Waals surface area contributed by atoms with Gasteiger partial charge in [-0.15, -0.1) is 0 Å². The molecule has 0 aliphatic carbocycles. The molecule has 0 aliphatic heterocycles. The Morgan fingerprint density at radius 1 is 0.821 bits per heavy atom. The normalized spacial score (nSPS) is 11.5. The van der Waals surface area contributed by atoms with E-state index in [2.05, 4.69) is 16.4 Å². The molecule has 0 amide bonds. The first-order valence-electron chi connectivity index (χ1n) is 10.8. The zero-order valence-electron chi connectivity index (χ0n) is 17.3. The zero-order chi connectivity index (χ0) is 20.5. The fourth-order valence-corrected chi connectivity index (χ4v) is 3.92. The third-order valence-corrected chi connectivity index (χ3v) is 5.93. The van der Waals surface area contributed by atoms with Gasteiger partial charge >= 0.3 is 16.1 Å². The van der Waals surface area contributed by atoms with Crippen LogP contribution in [-0.4, -0.2) is 27.5 Å². The fraction of sp³-hybridized carbons (Fsp3) is 0.682. The molecule has 0 bridgehead atoms. The van der Waals surface area contributed by atoms with Gasteiger partial charge < -0.3 is 9.50 Å². The van der Waals surface area contributed by atoms with E-state index in [1.807, 2.05) is 0 Å². The Morgan fingerprint density at radius 3 is 1.96 bits per heavy atom. The fourth-order valence-electron chi connectivity index (χ4n) is 3.00. The molecular formula is C22H37NO4S. The summed E-state index contributed by atoms with van der Waals surface area (Å²) >= 11 is 0. The van der Waals surface area contributed by atoms with Crippen LogP contribution in [0.25, 0.3) is 0 Å². The van der Waals surface area contributed by atoms with E-state index in [9.17, 15) is 13.2 Å². The van der Waals surface area contributed by atoms with Crippen LogP contribution in [0.2, 0.25) is 0 Å². The van der Waals surface area contributed by atoms with E-state index in [1.165, 1.54) is 63.5 Å². The van der Waals surface area contributed by atoms with Crippen molar-refractivity contribution >= 4 is 16.1 Å². The Kier molecular flexibility index (Phi) is 13.7. The summed E-state index contributed by atoms with van der Waals surface area (Å²) in [6.45, 7) is 4.23. The first kappa shape index (κ1) is 24.6. The Bertz CT molecular complexity index is 617. The molecule has 0 unspecified atom stereocenters. The highest BCUT2D eigenvalue weighted by Crippen LogP contribution is 2.13. The maximum atomic E-state index is 11.9. The van der Waals surface area contributed by atoms with Crippen molar-refractivity contribution in [1.29, 1.82) is 0 Å². The minimum absolute atomic E-state index is 0.00788. The van der Waals surface area contributed by atoms with Gasteiger partial charge in [0.05, 0.1) is 0 Å². The van der Waals surface area contributed by atoms with Crippen LogP contribution in [0.3, 0.4) is 0 Å². The van der Waals surface area contributed by atoms with E-state index in [-0.39, 0.29) is 11.3 Å². The maximum absolute atomic E-state index is 11.9. The molecule has 0 spiro atoms. The molecule has 0 saturated heterocycles. The van der Waals surface area contributed by atoms with Crippen LogP contribution < -0.4 is 5.32 Å². The second kappa shape index (κ2) is 15.5. The highest BCUT2D eigenvalue weighted by molar-refractivity contribution is 7.87. The van der Waals surface area contributed by atoms with Gasteiger partial charge in [-0.1, -0.05) is 76.5 Å². The third-order valence-electron chi connectivity index (χ3n) is 4.68. The molecule has 0 aliphatic rings. The first-order chi connectivity index (χ1) is 13.6. The molecule has 160 valence electrons. The van der Waals surface area contributed by atoms with Gasteiger partial charge in [-0.3, -0.25) is 4.79 Å². The lowest BCUT2D eigenvalue weighted by atomic mass is 10.1. The van der Waals surface area contributed by atoms with Gasteiger partial charge in [0.25, 0.3) is 0 Å². The van der Waals surface area contributed by atoms with Gasteiger partial charge in [-0.05, 0) is 44.5 Å². The van der Waals surface area contributed by atoms with E-state index in [0.717, 1.165) is 25.9 Å². The highest BCUT2D eigenvalue weighted by atomic mass is 32.2. The smallest absolute Gasteiger partial charge is 0.341 e. The minimum atomic E-state index is -3.99. The molecular weight excluding hydrogens is 374 g/mol. The van der Waals surface area contributed by atoms with Crippen molar-refractivity contribution in [2.24, 2.45) is 0 Å². The van der Waals surface area contributed by atoms with Gasteiger partial charge in [0.2, 0.25) is 0 Å². The molecule has 6 heteroatoms. The molecule has 5 nitrogen and oxygen atoms in total. The van der Waals surface area contributed by atoms with E-state index in [1.54, 1.807) is 18.2 Å². The van der Waals surface area contributed by atoms with E-state index in [0.29, 0.717) is 6.42 Å². The SMILES string of the molecule is CCCCCCCCCCNCCCCCC(=O)OS(=O)(=O)c1ccccc1. The minimum Gasteiger partial charge on any atom is -0.342 e. The van der Waals surface area contributed by atoms with Gasteiger partial charge in [0, 0.05) is 6.42 Å². The topological polar surface area (TPSA) is 72.5 Å². The maximum Gasteiger partial charge on any atom is 0.341 e. The second-order valence-corrected chi connectivity index (χ2v) is 8.80. The summed E-state index contributed by atoms with van der Waals surface area (Å²) in [7, 11) is -3.99. The predicted octanol–water partition coefficient (Wildman–Crippen LogP) is 5.21. The van der Waals surface area contributed by atoms with E-state index >= 15 is 0 Å². The van der Waals surface area contributed by atoms with Crippen molar-refractivity contribution in [2.45, 2.75) is 88.9 Å². The molecule has 0 radical (unpaired) electrons.